The van der Waals surface area contributed by atoms with E-state index in [0.717, 1.165) is 35.3 Å². The van der Waals surface area contributed by atoms with Crippen LogP contribution in [0.5, 0.6) is 5.75 Å². The molecule has 1 aliphatic rings. The monoisotopic (exact) mass is 294 g/mol. The standard InChI is InChI=1S/C13H15BrN2O/c1-17-12-4-3-10(7-11(12)14)16-9-13(8-15)5-2-6-13/h3-4,7,16H,2,5-6,9H2,1H3. The topological polar surface area (TPSA) is 45.0 Å². The zero-order valence-electron chi connectivity index (χ0n) is 9.79. The van der Waals surface area contributed by atoms with Gasteiger partial charge < -0.3 is 10.1 Å². The quantitative estimate of drug-likeness (QED) is 0.923. The lowest BCUT2D eigenvalue weighted by molar-refractivity contribution is 0.233. The second kappa shape index (κ2) is 4.97. The van der Waals surface area contributed by atoms with E-state index in [9.17, 15) is 0 Å². The van der Waals surface area contributed by atoms with Gasteiger partial charge in [-0.05, 0) is 47.0 Å². The Morgan fingerprint density at radius 1 is 1.53 bits per heavy atom. The molecule has 0 bridgehead atoms. The summed E-state index contributed by atoms with van der Waals surface area (Å²) in [4.78, 5) is 0. The summed E-state index contributed by atoms with van der Waals surface area (Å²) in [7, 11) is 1.65. The number of hydrogen-bond donors (Lipinski definition) is 1. The Kier molecular flexibility index (Phi) is 3.58. The van der Waals surface area contributed by atoms with Gasteiger partial charge in [0.2, 0.25) is 0 Å². The van der Waals surface area contributed by atoms with Crippen LogP contribution in [-0.2, 0) is 0 Å². The highest BCUT2D eigenvalue weighted by Gasteiger charge is 2.36. The van der Waals surface area contributed by atoms with Gasteiger partial charge in [-0.15, -0.1) is 0 Å². The maximum atomic E-state index is 9.13. The Morgan fingerprint density at radius 3 is 2.76 bits per heavy atom. The molecule has 17 heavy (non-hydrogen) atoms. The van der Waals surface area contributed by atoms with Crippen LogP contribution in [-0.4, -0.2) is 13.7 Å². The van der Waals surface area contributed by atoms with Crippen LogP contribution in [0.15, 0.2) is 22.7 Å². The van der Waals surface area contributed by atoms with Crippen molar-refractivity contribution in [2.75, 3.05) is 19.0 Å². The van der Waals surface area contributed by atoms with Gasteiger partial charge in [0.25, 0.3) is 0 Å². The van der Waals surface area contributed by atoms with E-state index in [1.54, 1.807) is 7.11 Å². The Labute approximate surface area is 110 Å². The summed E-state index contributed by atoms with van der Waals surface area (Å²) >= 11 is 3.45. The normalized spacial score (nSPS) is 16.8. The number of anilines is 1. The van der Waals surface area contributed by atoms with Crippen LogP contribution >= 0.6 is 15.9 Å². The molecular formula is C13H15BrN2O. The molecule has 1 aromatic carbocycles. The molecule has 2 rings (SSSR count). The third-order valence-corrected chi connectivity index (χ3v) is 3.95. The van der Waals surface area contributed by atoms with Gasteiger partial charge in [-0.3, -0.25) is 0 Å². The predicted molar refractivity (Wildman–Crippen MR) is 71.1 cm³/mol. The van der Waals surface area contributed by atoms with Crippen molar-refractivity contribution in [3.63, 3.8) is 0 Å². The molecule has 0 heterocycles. The number of ether oxygens (including phenoxy) is 1. The first-order valence-electron chi connectivity index (χ1n) is 5.68. The maximum absolute atomic E-state index is 9.13. The Morgan fingerprint density at radius 2 is 2.29 bits per heavy atom. The van der Waals surface area contributed by atoms with E-state index in [1.165, 1.54) is 6.42 Å². The molecule has 90 valence electrons. The molecule has 4 heteroatoms. The fourth-order valence-corrected chi connectivity index (χ4v) is 2.52. The minimum Gasteiger partial charge on any atom is -0.496 e. The highest BCUT2D eigenvalue weighted by atomic mass is 79.9. The lowest BCUT2D eigenvalue weighted by Crippen LogP contribution is -2.34. The lowest BCUT2D eigenvalue weighted by Gasteiger charge is -2.35. The van der Waals surface area contributed by atoms with E-state index < -0.39 is 0 Å². The van der Waals surface area contributed by atoms with Crippen molar-refractivity contribution in [2.45, 2.75) is 19.3 Å². The Balaban J connectivity index is 2.00. The third kappa shape index (κ3) is 2.55. The third-order valence-electron chi connectivity index (χ3n) is 3.33. The smallest absolute Gasteiger partial charge is 0.133 e. The van der Waals surface area contributed by atoms with Gasteiger partial charge in [-0.2, -0.15) is 5.26 Å². The van der Waals surface area contributed by atoms with E-state index in [1.807, 2.05) is 18.2 Å². The van der Waals surface area contributed by atoms with Crippen LogP contribution in [0, 0.1) is 16.7 Å². The largest absolute Gasteiger partial charge is 0.496 e. The summed E-state index contributed by atoms with van der Waals surface area (Å²) in [5.41, 5.74) is 0.867. The first kappa shape index (κ1) is 12.3. The number of halogens is 1. The number of nitrogens with zero attached hydrogens (tertiary/aromatic N) is 1. The van der Waals surface area contributed by atoms with Gasteiger partial charge in [0.15, 0.2) is 0 Å². The van der Waals surface area contributed by atoms with Crippen molar-refractivity contribution in [3.8, 4) is 11.8 Å². The van der Waals surface area contributed by atoms with E-state index in [2.05, 4.69) is 27.3 Å². The lowest BCUT2D eigenvalue weighted by atomic mass is 9.70. The molecule has 0 unspecified atom stereocenters. The molecule has 0 amide bonds. The number of benzene rings is 1. The predicted octanol–water partition coefficient (Wildman–Crippen LogP) is 3.56. The molecule has 1 saturated carbocycles. The first-order chi connectivity index (χ1) is 8.19. The molecule has 0 saturated heterocycles. The van der Waals surface area contributed by atoms with Gasteiger partial charge >= 0.3 is 0 Å². The van der Waals surface area contributed by atoms with E-state index in [0.29, 0.717) is 0 Å². The fourth-order valence-electron chi connectivity index (χ4n) is 1.98. The number of nitrogens with one attached hydrogen (secondary N) is 1. The molecular weight excluding hydrogens is 280 g/mol. The average molecular weight is 295 g/mol. The van der Waals surface area contributed by atoms with Crippen LogP contribution in [0.2, 0.25) is 0 Å². The van der Waals surface area contributed by atoms with Crippen molar-refractivity contribution < 1.29 is 4.74 Å². The number of rotatable bonds is 4. The highest BCUT2D eigenvalue weighted by Crippen LogP contribution is 2.40. The summed E-state index contributed by atoms with van der Waals surface area (Å²) in [5, 5.41) is 12.5. The SMILES string of the molecule is COc1ccc(NCC2(C#N)CCC2)cc1Br. The van der Waals surface area contributed by atoms with Crippen LogP contribution < -0.4 is 10.1 Å². The van der Waals surface area contributed by atoms with Crippen LogP contribution in [0.4, 0.5) is 5.69 Å². The van der Waals surface area contributed by atoms with Crippen molar-refractivity contribution in [3.05, 3.63) is 22.7 Å². The van der Waals surface area contributed by atoms with Crippen LogP contribution in [0.3, 0.4) is 0 Å². The molecule has 1 aliphatic carbocycles. The van der Waals surface area contributed by atoms with Gasteiger partial charge in [0, 0.05) is 12.2 Å². The molecule has 0 radical (unpaired) electrons. The van der Waals surface area contributed by atoms with Crippen LogP contribution in [0.25, 0.3) is 0 Å². The Hall–Kier alpha value is -1.21. The minimum atomic E-state index is -0.146. The van der Waals surface area contributed by atoms with Gasteiger partial charge in [0.05, 0.1) is 23.1 Å². The molecule has 3 nitrogen and oxygen atoms in total. The average Bonchev–Trinajstić information content (AvgIpc) is 2.28. The number of nitriles is 1. The fraction of sp³-hybridized carbons (Fsp3) is 0.462. The summed E-state index contributed by atoms with van der Waals surface area (Å²) in [6.07, 6.45) is 3.18. The first-order valence-corrected chi connectivity index (χ1v) is 6.47. The van der Waals surface area contributed by atoms with Gasteiger partial charge in [-0.1, -0.05) is 6.42 Å². The number of hydrogen-bond acceptors (Lipinski definition) is 3. The van der Waals surface area contributed by atoms with Crippen molar-refractivity contribution in [1.82, 2.24) is 0 Å². The summed E-state index contributed by atoms with van der Waals surface area (Å²) in [6.45, 7) is 0.724. The van der Waals surface area contributed by atoms with Crippen LogP contribution in [0.1, 0.15) is 19.3 Å². The maximum Gasteiger partial charge on any atom is 0.133 e. The van der Waals surface area contributed by atoms with Crippen molar-refractivity contribution >= 4 is 21.6 Å². The zero-order valence-corrected chi connectivity index (χ0v) is 11.4. The highest BCUT2D eigenvalue weighted by molar-refractivity contribution is 9.10. The molecule has 1 aromatic rings. The summed E-state index contributed by atoms with van der Waals surface area (Å²) in [6, 6.07) is 8.27. The van der Waals surface area contributed by atoms with Gasteiger partial charge in [0.1, 0.15) is 5.75 Å². The van der Waals surface area contributed by atoms with Crippen molar-refractivity contribution in [2.24, 2.45) is 5.41 Å². The van der Waals surface area contributed by atoms with E-state index in [-0.39, 0.29) is 5.41 Å². The summed E-state index contributed by atoms with van der Waals surface area (Å²) < 4.78 is 6.09. The molecule has 1 fully saturated rings. The van der Waals surface area contributed by atoms with Gasteiger partial charge in [-0.25, -0.2) is 0 Å². The second-order valence-corrected chi connectivity index (χ2v) is 5.30. The zero-order chi connectivity index (χ0) is 12.3. The molecule has 0 spiro atoms. The second-order valence-electron chi connectivity index (χ2n) is 4.45. The van der Waals surface area contributed by atoms with Crippen molar-refractivity contribution in [1.29, 1.82) is 5.26 Å². The summed E-state index contributed by atoms with van der Waals surface area (Å²) in [5.74, 6) is 0.814. The molecule has 0 atom stereocenters. The molecule has 0 aromatic heterocycles. The Bertz CT molecular complexity index is 449. The van der Waals surface area contributed by atoms with E-state index >= 15 is 0 Å². The minimum absolute atomic E-state index is 0.146. The number of methoxy groups -OCH3 is 1. The molecule has 1 N–H and O–H groups in total. The molecule has 0 aliphatic heterocycles. The van der Waals surface area contributed by atoms with E-state index in [4.69, 9.17) is 10.00 Å².